The molecule has 0 aliphatic rings. The number of benzene rings is 2. The Labute approximate surface area is 102 Å². The zero-order chi connectivity index (χ0) is 12.4. The molecule has 2 aromatic rings. The molecular formula is C15H17NO. The number of nitrogen functional groups attached to an aromatic ring is 1. The van der Waals surface area contributed by atoms with Gasteiger partial charge in [-0.1, -0.05) is 42.0 Å². The maximum absolute atomic E-state index is 10.3. The molecule has 0 heterocycles. The smallest absolute Gasteiger partial charge is 0.106 e. The van der Waals surface area contributed by atoms with Crippen LogP contribution < -0.4 is 5.73 Å². The molecule has 1 atom stereocenters. The highest BCUT2D eigenvalue weighted by molar-refractivity contribution is 5.52. The first-order valence-electron chi connectivity index (χ1n) is 5.68. The molecule has 1 unspecified atom stereocenters. The summed E-state index contributed by atoms with van der Waals surface area (Å²) in [6.45, 7) is 3.99. The van der Waals surface area contributed by atoms with Crippen molar-refractivity contribution >= 4 is 5.69 Å². The highest BCUT2D eigenvalue weighted by Crippen LogP contribution is 2.27. The first-order chi connectivity index (χ1) is 8.08. The van der Waals surface area contributed by atoms with Crippen molar-refractivity contribution in [3.63, 3.8) is 0 Å². The molecule has 0 spiro atoms. The third-order valence-corrected chi connectivity index (χ3v) is 2.89. The van der Waals surface area contributed by atoms with Gasteiger partial charge >= 0.3 is 0 Å². The molecule has 0 amide bonds. The van der Waals surface area contributed by atoms with Crippen LogP contribution in [0.4, 0.5) is 5.69 Å². The third kappa shape index (κ3) is 2.48. The zero-order valence-corrected chi connectivity index (χ0v) is 10.1. The summed E-state index contributed by atoms with van der Waals surface area (Å²) in [4.78, 5) is 0. The topological polar surface area (TPSA) is 46.2 Å². The number of hydrogen-bond acceptors (Lipinski definition) is 2. The standard InChI is InChI=1S/C15H17NO/c1-10-4-3-5-12(8-10)15(17)13-7-6-11(2)9-14(13)16/h3-9,15,17H,16H2,1-2H3. The van der Waals surface area contributed by atoms with E-state index in [4.69, 9.17) is 5.73 Å². The summed E-state index contributed by atoms with van der Waals surface area (Å²) in [5, 5.41) is 10.3. The van der Waals surface area contributed by atoms with Gasteiger partial charge in [0.05, 0.1) is 0 Å². The molecule has 0 fully saturated rings. The highest BCUT2D eigenvalue weighted by atomic mass is 16.3. The van der Waals surface area contributed by atoms with Crippen molar-refractivity contribution in [3.8, 4) is 0 Å². The van der Waals surface area contributed by atoms with Crippen molar-refractivity contribution in [2.24, 2.45) is 0 Å². The highest BCUT2D eigenvalue weighted by Gasteiger charge is 2.13. The lowest BCUT2D eigenvalue weighted by atomic mass is 9.98. The maximum Gasteiger partial charge on any atom is 0.106 e. The van der Waals surface area contributed by atoms with E-state index in [0.29, 0.717) is 5.69 Å². The molecule has 0 bridgehead atoms. The summed E-state index contributed by atoms with van der Waals surface area (Å²) in [5.41, 5.74) is 10.4. The van der Waals surface area contributed by atoms with Crippen LogP contribution in [0.1, 0.15) is 28.4 Å². The van der Waals surface area contributed by atoms with E-state index in [0.717, 1.165) is 22.3 Å². The Morgan fingerprint density at radius 1 is 1.00 bits per heavy atom. The van der Waals surface area contributed by atoms with Crippen molar-refractivity contribution in [1.29, 1.82) is 0 Å². The molecular weight excluding hydrogens is 210 g/mol. The summed E-state index contributed by atoms with van der Waals surface area (Å²) in [6.07, 6.45) is -0.657. The largest absolute Gasteiger partial charge is 0.398 e. The van der Waals surface area contributed by atoms with Gasteiger partial charge in [0.25, 0.3) is 0 Å². The van der Waals surface area contributed by atoms with Gasteiger partial charge in [-0.05, 0) is 31.0 Å². The van der Waals surface area contributed by atoms with Crippen LogP contribution in [0.3, 0.4) is 0 Å². The van der Waals surface area contributed by atoms with Gasteiger partial charge in [-0.3, -0.25) is 0 Å². The molecule has 0 aromatic heterocycles. The molecule has 0 aliphatic carbocycles. The fraction of sp³-hybridized carbons (Fsp3) is 0.200. The minimum atomic E-state index is -0.657. The molecule has 88 valence electrons. The Morgan fingerprint density at radius 2 is 1.71 bits per heavy atom. The van der Waals surface area contributed by atoms with Crippen molar-refractivity contribution in [3.05, 3.63) is 64.7 Å². The third-order valence-electron chi connectivity index (χ3n) is 2.89. The molecule has 0 radical (unpaired) electrons. The second-order valence-corrected chi connectivity index (χ2v) is 4.45. The summed E-state index contributed by atoms with van der Waals surface area (Å²) in [7, 11) is 0. The maximum atomic E-state index is 10.3. The summed E-state index contributed by atoms with van der Waals surface area (Å²) >= 11 is 0. The van der Waals surface area contributed by atoms with Gasteiger partial charge in [0.2, 0.25) is 0 Å². The average molecular weight is 227 g/mol. The molecule has 17 heavy (non-hydrogen) atoms. The van der Waals surface area contributed by atoms with Gasteiger partial charge in [-0.15, -0.1) is 0 Å². The van der Waals surface area contributed by atoms with Gasteiger partial charge in [0, 0.05) is 11.3 Å². The van der Waals surface area contributed by atoms with Crippen LogP contribution in [0, 0.1) is 13.8 Å². The van der Waals surface area contributed by atoms with Gasteiger partial charge < -0.3 is 10.8 Å². The first-order valence-corrected chi connectivity index (χ1v) is 5.68. The van der Waals surface area contributed by atoms with E-state index >= 15 is 0 Å². The lowest BCUT2D eigenvalue weighted by Gasteiger charge is -2.14. The molecule has 2 rings (SSSR count). The van der Waals surface area contributed by atoms with E-state index in [1.807, 2.05) is 56.3 Å². The van der Waals surface area contributed by atoms with E-state index in [1.165, 1.54) is 0 Å². The first kappa shape index (κ1) is 11.7. The van der Waals surface area contributed by atoms with Crippen molar-refractivity contribution in [1.82, 2.24) is 0 Å². The molecule has 2 nitrogen and oxygen atoms in total. The van der Waals surface area contributed by atoms with Crippen LogP contribution in [0.5, 0.6) is 0 Å². The predicted molar refractivity (Wildman–Crippen MR) is 70.8 cm³/mol. The molecule has 0 saturated carbocycles. The second kappa shape index (κ2) is 4.60. The van der Waals surface area contributed by atoms with Gasteiger partial charge in [-0.2, -0.15) is 0 Å². The quantitative estimate of drug-likeness (QED) is 0.775. The van der Waals surface area contributed by atoms with Gasteiger partial charge in [0.1, 0.15) is 6.10 Å². The molecule has 3 N–H and O–H groups in total. The van der Waals surface area contributed by atoms with Gasteiger partial charge in [-0.25, -0.2) is 0 Å². The van der Waals surface area contributed by atoms with Crippen LogP contribution in [-0.2, 0) is 0 Å². The normalized spacial score (nSPS) is 12.4. The summed E-state index contributed by atoms with van der Waals surface area (Å²) in [5.74, 6) is 0. The average Bonchev–Trinajstić information content (AvgIpc) is 2.28. The Balaban J connectivity index is 2.40. The van der Waals surface area contributed by atoms with E-state index in [9.17, 15) is 5.11 Å². The number of aliphatic hydroxyl groups is 1. The fourth-order valence-electron chi connectivity index (χ4n) is 1.96. The number of aliphatic hydroxyl groups excluding tert-OH is 1. The zero-order valence-electron chi connectivity index (χ0n) is 10.1. The molecule has 2 heteroatoms. The van der Waals surface area contributed by atoms with E-state index in [1.54, 1.807) is 0 Å². The number of rotatable bonds is 2. The molecule has 0 aliphatic heterocycles. The van der Waals surface area contributed by atoms with Crippen LogP contribution in [0.25, 0.3) is 0 Å². The minimum Gasteiger partial charge on any atom is -0.398 e. The van der Waals surface area contributed by atoms with Crippen LogP contribution >= 0.6 is 0 Å². The van der Waals surface area contributed by atoms with Crippen molar-refractivity contribution in [2.45, 2.75) is 20.0 Å². The lowest BCUT2D eigenvalue weighted by molar-refractivity contribution is 0.221. The van der Waals surface area contributed by atoms with Crippen LogP contribution in [-0.4, -0.2) is 5.11 Å². The Bertz CT molecular complexity index is 534. The van der Waals surface area contributed by atoms with Gasteiger partial charge in [0.15, 0.2) is 0 Å². The molecule has 2 aromatic carbocycles. The Morgan fingerprint density at radius 3 is 2.35 bits per heavy atom. The van der Waals surface area contributed by atoms with E-state index < -0.39 is 6.10 Å². The number of hydrogen-bond donors (Lipinski definition) is 2. The van der Waals surface area contributed by atoms with Crippen molar-refractivity contribution < 1.29 is 5.11 Å². The van der Waals surface area contributed by atoms with E-state index in [2.05, 4.69) is 0 Å². The number of nitrogens with two attached hydrogens (primary N) is 1. The van der Waals surface area contributed by atoms with E-state index in [-0.39, 0.29) is 0 Å². The predicted octanol–water partition coefficient (Wildman–Crippen LogP) is 2.97. The molecule has 0 saturated heterocycles. The van der Waals surface area contributed by atoms with Crippen LogP contribution in [0.15, 0.2) is 42.5 Å². The Hall–Kier alpha value is -1.80. The lowest BCUT2D eigenvalue weighted by Crippen LogP contribution is -2.04. The second-order valence-electron chi connectivity index (χ2n) is 4.45. The fourth-order valence-corrected chi connectivity index (χ4v) is 1.96. The monoisotopic (exact) mass is 227 g/mol. The number of aryl methyl sites for hydroxylation is 2. The number of anilines is 1. The Kier molecular flexibility index (Phi) is 3.16. The summed E-state index contributed by atoms with van der Waals surface area (Å²) < 4.78 is 0. The SMILES string of the molecule is Cc1cccc(C(O)c2ccc(C)cc2N)c1. The van der Waals surface area contributed by atoms with Crippen molar-refractivity contribution in [2.75, 3.05) is 5.73 Å². The minimum absolute atomic E-state index is 0.638. The van der Waals surface area contributed by atoms with Crippen LogP contribution in [0.2, 0.25) is 0 Å². The summed E-state index contributed by atoms with van der Waals surface area (Å²) in [6, 6.07) is 13.6.